The van der Waals surface area contributed by atoms with Crippen LogP contribution in [0.5, 0.6) is 5.75 Å². The van der Waals surface area contributed by atoms with Crippen LogP contribution in [-0.2, 0) is 20.9 Å². The number of carbonyl (C=O) groups excluding carboxylic acids is 3. The summed E-state index contributed by atoms with van der Waals surface area (Å²) in [5, 5.41) is 2.73. The summed E-state index contributed by atoms with van der Waals surface area (Å²) in [5.74, 6) is -0.822. The number of piperazine rings is 1. The normalized spacial score (nSPS) is 15.9. The van der Waals surface area contributed by atoms with Crippen molar-refractivity contribution in [2.75, 3.05) is 19.7 Å². The van der Waals surface area contributed by atoms with Gasteiger partial charge in [0.25, 0.3) is 5.91 Å². The predicted molar refractivity (Wildman–Crippen MR) is 119 cm³/mol. The highest BCUT2D eigenvalue weighted by Gasteiger charge is 2.36. The van der Waals surface area contributed by atoms with Crippen molar-refractivity contribution in [1.82, 2.24) is 10.2 Å². The molecule has 1 aliphatic rings. The molecule has 31 heavy (non-hydrogen) atoms. The Bertz CT molecular complexity index is 935. The lowest BCUT2D eigenvalue weighted by Gasteiger charge is -2.35. The molecule has 164 valence electrons. The van der Waals surface area contributed by atoms with Crippen LogP contribution < -0.4 is 10.1 Å². The second-order valence-electron chi connectivity index (χ2n) is 7.14. The molecule has 0 radical (unpaired) electrons. The third kappa shape index (κ3) is 6.07. The van der Waals surface area contributed by atoms with Crippen molar-refractivity contribution in [2.45, 2.75) is 32.4 Å². The Hall–Kier alpha value is -2.87. The summed E-state index contributed by atoms with van der Waals surface area (Å²) in [7, 11) is 0. The van der Waals surface area contributed by atoms with Gasteiger partial charge in [-0.25, -0.2) is 0 Å². The average molecular weight is 489 g/mol. The molecule has 3 rings (SSSR count). The Labute approximate surface area is 189 Å². The maximum atomic E-state index is 13.3. The summed E-state index contributed by atoms with van der Waals surface area (Å²) >= 11 is 3.39. The molecule has 1 atom stereocenters. The van der Waals surface area contributed by atoms with E-state index in [1.165, 1.54) is 4.90 Å². The predicted octanol–water partition coefficient (Wildman–Crippen LogP) is 3.31. The van der Waals surface area contributed by atoms with E-state index in [4.69, 9.17) is 9.47 Å². The molecule has 0 bridgehead atoms. The molecule has 1 N–H and O–H groups in total. The maximum absolute atomic E-state index is 13.3. The number of rotatable bonds is 8. The molecule has 2 aromatic rings. The van der Waals surface area contributed by atoms with Gasteiger partial charge in [-0.05, 0) is 30.2 Å². The zero-order valence-corrected chi connectivity index (χ0v) is 18.9. The van der Waals surface area contributed by atoms with E-state index < -0.39 is 12.0 Å². The highest BCUT2D eigenvalue weighted by molar-refractivity contribution is 9.10. The number of halogens is 1. The van der Waals surface area contributed by atoms with E-state index in [2.05, 4.69) is 21.2 Å². The van der Waals surface area contributed by atoms with Gasteiger partial charge in [-0.1, -0.05) is 53.2 Å². The van der Waals surface area contributed by atoms with Gasteiger partial charge in [0.2, 0.25) is 5.91 Å². The number of benzene rings is 2. The zero-order valence-electron chi connectivity index (χ0n) is 17.3. The lowest BCUT2D eigenvalue weighted by Crippen LogP contribution is -2.57. The topological polar surface area (TPSA) is 84.9 Å². The number of hydrogen-bond donors (Lipinski definition) is 1. The minimum Gasteiger partial charge on any atom is -0.493 e. The third-order valence-electron chi connectivity index (χ3n) is 4.83. The van der Waals surface area contributed by atoms with Crippen LogP contribution in [0, 0.1) is 0 Å². The van der Waals surface area contributed by atoms with Crippen LogP contribution in [0.4, 0.5) is 0 Å². The van der Waals surface area contributed by atoms with E-state index >= 15 is 0 Å². The van der Waals surface area contributed by atoms with E-state index in [-0.39, 0.29) is 24.8 Å². The molecule has 1 heterocycles. The SMILES string of the molecule is CCCOc1ccc(Br)cc1C(=O)N1CCNC(=O)[C@H]1CC(=O)OCc1ccccc1. The Kier molecular flexibility index (Phi) is 8.06. The first-order valence-corrected chi connectivity index (χ1v) is 11.0. The largest absolute Gasteiger partial charge is 0.493 e. The number of nitrogens with zero attached hydrogens (tertiary/aromatic N) is 1. The van der Waals surface area contributed by atoms with Crippen LogP contribution in [0.1, 0.15) is 35.7 Å². The van der Waals surface area contributed by atoms with Crippen LogP contribution in [0.15, 0.2) is 53.0 Å². The fourth-order valence-electron chi connectivity index (χ4n) is 3.28. The highest BCUT2D eigenvalue weighted by atomic mass is 79.9. The van der Waals surface area contributed by atoms with Crippen molar-refractivity contribution in [3.63, 3.8) is 0 Å². The summed E-state index contributed by atoms with van der Waals surface area (Å²) in [4.78, 5) is 39.7. The fourth-order valence-corrected chi connectivity index (χ4v) is 3.64. The summed E-state index contributed by atoms with van der Waals surface area (Å²) in [5.41, 5.74) is 1.20. The lowest BCUT2D eigenvalue weighted by atomic mass is 10.1. The van der Waals surface area contributed by atoms with Crippen molar-refractivity contribution in [3.8, 4) is 5.75 Å². The molecule has 2 amide bonds. The van der Waals surface area contributed by atoms with Gasteiger partial charge in [-0.2, -0.15) is 0 Å². The summed E-state index contributed by atoms with van der Waals surface area (Å²) in [6, 6.07) is 13.5. The van der Waals surface area contributed by atoms with E-state index in [9.17, 15) is 14.4 Å². The first-order chi connectivity index (χ1) is 15.0. The lowest BCUT2D eigenvalue weighted by molar-refractivity contribution is -0.148. The number of hydrogen-bond acceptors (Lipinski definition) is 5. The standard InChI is InChI=1S/C23H25BrN2O5/c1-2-12-30-20-9-8-17(24)13-18(20)23(29)26-11-10-25-22(28)19(26)14-21(27)31-15-16-6-4-3-5-7-16/h3-9,13,19H,2,10-12,14-15H2,1H3,(H,25,28)/t19-/m1/s1. The first-order valence-electron chi connectivity index (χ1n) is 10.2. The van der Waals surface area contributed by atoms with E-state index in [0.717, 1.165) is 16.5 Å². The van der Waals surface area contributed by atoms with E-state index in [0.29, 0.717) is 31.0 Å². The molecule has 7 nitrogen and oxygen atoms in total. The van der Waals surface area contributed by atoms with Crippen molar-refractivity contribution in [1.29, 1.82) is 0 Å². The van der Waals surface area contributed by atoms with Gasteiger partial charge in [-0.15, -0.1) is 0 Å². The van der Waals surface area contributed by atoms with Gasteiger partial charge < -0.3 is 19.7 Å². The van der Waals surface area contributed by atoms with Crippen molar-refractivity contribution in [3.05, 3.63) is 64.1 Å². The molecule has 0 unspecified atom stereocenters. The molecule has 1 saturated heterocycles. The minimum atomic E-state index is -0.942. The smallest absolute Gasteiger partial charge is 0.308 e. The van der Waals surface area contributed by atoms with Gasteiger partial charge >= 0.3 is 5.97 Å². The molecule has 1 fully saturated rings. The summed E-state index contributed by atoms with van der Waals surface area (Å²) in [6.07, 6.45) is 0.579. The van der Waals surface area contributed by atoms with Gasteiger partial charge in [-0.3, -0.25) is 14.4 Å². The first kappa shape index (κ1) is 22.8. The maximum Gasteiger partial charge on any atom is 0.308 e. The molecule has 2 aromatic carbocycles. The highest BCUT2D eigenvalue weighted by Crippen LogP contribution is 2.26. The Morgan fingerprint density at radius 2 is 1.97 bits per heavy atom. The van der Waals surface area contributed by atoms with Gasteiger partial charge in [0.1, 0.15) is 18.4 Å². The van der Waals surface area contributed by atoms with E-state index in [1.54, 1.807) is 18.2 Å². The number of nitrogens with one attached hydrogen (secondary N) is 1. The van der Waals surface area contributed by atoms with Crippen molar-refractivity contribution in [2.24, 2.45) is 0 Å². The number of carbonyl (C=O) groups is 3. The van der Waals surface area contributed by atoms with Gasteiger partial charge in [0.15, 0.2) is 0 Å². The average Bonchev–Trinajstić information content (AvgIpc) is 2.78. The van der Waals surface area contributed by atoms with Gasteiger partial charge in [0, 0.05) is 17.6 Å². The zero-order chi connectivity index (χ0) is 22.2. The summed E-state index contributed by atoms with van der Waals surface area (Å²) < 4.78 is 11.8. The van der Waals surface area contributed by atoms with Crippen LogP contribution >= 0.6 is 15.9 Å². The number of amides is 2. The van der Waals surface area contributed by atoms with E-state index in [1.807, 2.05) is 37.3 Å². The second-order valence-corrected chi connectivity index (χ2v) is 8.06. The third-order valence-corrected chi connectivity index (χ3v) is 5.32. The molecular weight excluding hydrogens is 464 g/mol. The van der Waals surface area contributed by atoms with Crippen LogP contribution in [-0.4, -0.2) is 48.4 Å². The molecule has 0 aliphatic carbocycles. The number of ether oxygens (including phenoxy) is 2. The van der Waals surface area contributed by atoms with Crippen LogP contribution in [0.2, 0.25) is 0 Å². The second kappa shape index (κ2) is 10.9. The quantitative estimate of drug-likeness (QED) is 0.576. The molecule has 8 heteroatoms. The molecule has 0 aromatic heterocycles. The van der Waals surface area contributed by atoms with Crippen LogP contribution in [0.3, 0.4) is 0 Å². The van der Waals surface area contributed by atoms with Crippen molar-refractivity contribution >= 4 is 33.7 Å². The Morgan fingerprint density at radius 3 is 2.71 bits per heavy atom. The number of esters is 1. The minimum absolute atomic E-state index is 0.114. The Balaban J connectivity index is 1.74. The van der Waals surface area contributed by atoms with Gasteiger partial charge in [0.05, 0.1) is 18.6 Å². The van der Waals surface area contributed by atoms with Crippen LogP contribution in [0.25, 0.3) is 0 Å². The monoisotopic (exact) mass is 488 g/mol. The Morgan fingerprint density at radius 1 is 1.19 bits per heavy atom. The molecule has 0 saturated carbocycles. The summed E-state index contributed by atoms with van der Waals surface area (Å²) in [6.45, 7) is 3.17. The molecular formula is C23H25BrN2O5. The fraction of sp³-hybridized carbons (Fsp3) is 0.348. The van der Waals surface area contributed by atoms with Crippen molar-refractivity contribution < 1.29 is 23.9 Å². The molecule has 0 spiro atoms. The molecule has 1 aliphatic heterocycles.